The van der Waals surface area contributed by atoms with Crippen LogP contribution in [0.4, 0.5) is 24.9 Å². The number of nitrogens with one attached hydrogen (secondary N) is 5. The molecule has 1 fully saturated rings. The van der Waals surface area contributed by atoms with Crippen molar-refractivity contribution in [3.8, 4) is 12.8 Å². The Labute approximate surface area is 313 Å². The number of amides is 7. The van der Waals surface area contributed by atoms with Gasteiger partial charge in [-0.1, -0.05) is 30.3 Å². The maximum absolute atomic E-state index is 13.8. The highest BCUT2D eigenvalue weighted by atomic mass is 16.5. The highest BCUT2D eigenvalue weighted by molar-refractivity contribution is 6.45. The number of anilines is 1. The molecule has 0 bridgehead atoms. The van der Waals surface area contributed by atoms with Crippen molar-refractivity contribution in [2.24, 2.45) is 0 Å². The normalized spacial score (nSPS) is 12.0. The quantitative estimate of drug-likeness (QED) is 0.0710. The van der Waals surface area contributed by atoms with Crippen molar-refractivity contribution in [2.45, 2.75) is 25.7 Å². The van der Waals surface area contributed by atoms with Crippen LogP contribution in [0.2, 0.25) is 0 Å². The molecule has 3 aromatic rings. The standard InChI is InChI=1S/C35H44N8O9.C2H2/c1-51-34(49)38-17-8-6-15-36-32(47)40-27-14-10-13-25-26(23-43(28(25)27)33(48)37-16-7-9-18-39-35(50)52-2)29(44)31(46)42-21-19-41(20-22-42)30(45)24-11-4-3-5-12-24;1-2/h3-5,10-14,23H,6-9,15-22H2,1-2H3,(H,37,48)(H,38,49)(H,39,50)(H2,36,40,47);1-2H. The zero-order valence-corrected chi connectivity index (χ0v) is 30.4. The molecule has 17 heteroatoms. The van der Waals surface area contributed by atoms with E-state index >= 15 is 0 Å². The summed E-state index contributed by atoms with van der Waals surface area (Å²) in [6, 6.07) is 12.4. The number of alkyl carbamates (subject to hydrolysis) is 2. The van der Waals surface area contributed by atoms with E-state index in [0.29, 0.717) is 50.9 Å². The lowest BCUT2D eigenvalue weighted by Gasteiger charge is -2.34. The number of nitrogens with zero attached hydrogens (tertiary/aromatic N) is 3. The average molecular weight is 747 g/mol. The first-order valence-electron chi connectivity index (χ1n) is 17.3. The number of fused-ring (bicyclic) bond motifs is 1. The summed E-state index contributed by atoms with van der Waals surface area (Å²) in [7, 11) is 2.53. The van der Waals surface area contributed by atoms with Gasteiger partial charge >= 0.3 is 24.2 Å². The number of para-hydroxylation sites is 1. The summed E-state index contributed by atoms with van der Waals surface area (Å²) < 4.78 is 10.3. The fourth-order valence-electron chi connectivity index (χ4n) is 5.53. The lowest BCUT2D eigenvalue weighted by Crippen LogP contribution is -2.52. The number of benzene rings is 2. The molecule has 2 aromatic carbocycles. The summed E-state index contributed by atoms with van der Waals surface area (Å²) >= 11 is 0. The van der Waals surface area contributed by atoms with E-state index in [4.69, 9.17) is 0 Å². The number of rotatable bonds is 14. The number of carbonyl (C=O) groups is 7. The summed E-state index contributed by atoms with van der Waals surface area (Å²) in [6.45, 7) is 2.04. The van der Waals surface area contributed by atoms with Crippen molar-refractivity contribution < 1.29 is 43.0 Å². The molecular formula is C37H46N8O9. The zero-order valence-electron chi connectivity index (χ0n) is 30.4. The summed E-state index contributed by atoms with van der Waals surface area (Å²) in [6.07, 6.45) is 10.4. The molecule has 1 aliphatic rings. The van der Waals surface area contributed by atoms with Crippen LogP contribution >= 0.6 is 0 Å². The Bertz CT molecular complexity index is 1800. The minimum Gasteiger partial charge on any atom is -0.453 e. The molecule has 0 aliphatic carbocycles. The number of carbonyl (C=O) groups excluding carboxylic acids is 7. The van der Waals surface area contributed by atoms with Gasteiger partial charge in [0.15, 0.2) is 0 Å². The van der Waals surface area contributed by atoms with Gasteiger partial charge in [-0.3, -0.25) is 19.0 Å². The third-order valence-corrected chi connectivity index (χ3v) is 8.28. The Balaban J connectivity index is 0.00000385. The number of unbranched alkanes of at least 4 members (excludes halogenated alkanes) is 2. The maximum Gasteiger partial charge on any atom is 0.406 e. The number of methoxy groups -OCH3 is 2. The molecule has 0 saturated carbocycles. The van der Waals surface area contributed by atoms with E-state index < -0.39 is 35.9 Å². The first-order valence-corrected chi connectivity index (χ1v) is 17.3. The zero-order chi connectivity index (χ0) is 39.5. The van der Waals surface area contributed by atoms with Crippen molar-refractivity contribution in [1.29, 1.82) is 0 Å². The van der Waals surface area contributed by atoms with E-state index in [9.17, 15) is 33.6 Å². The number of ketones is 1. The first kappa shape index (κ1) is 41.8. The monoisotopic (exact) mass is 746 g/mol. The Morgan fingerprint density at radius 1 is 0.667 bits per heavy atom. The molecular weight excluding hydrogens is 700 g/mol. The Morgan fingerprint density at radius 2 is 1.20 bits per heavy atom. The van der Waals surface area contributed by atoms with Gasteiger partial charge in [-0.15, -0.1) is 12.8 Å². The Morgan fingerprint density at radius 3 is 1.78 bits per heavy atom. The largest absolute Gasteiger partial charge is 0.453 e. The second-order valence-corrected chi connectivity index (χ2v) is 11.8. The summed E-state index contributed by atoms with van der Waals surface area (Å²) in [4.78, 5) is 92.1. The van der Waals surface area contributed by atoms with Crippen molar-refractivity contribution in [3.05, 3.63) is 65.9 Å². The van der Waals surface area contributed by atoms with Crippen LogP contribution in [0.5, 0.6) is 0 Å². The van der Waals surface area contributed by atoms with E-state index in [1.807, 2.05) is 6.07 Å². The van der Waals surface area contributed by atoms with Gasteiger partial charge in [-0.2, -0.15) is 0 Å². The minimum absolute atomic E-state index is 0.0256. The van der Waals surface area contributed by atoms with Crippen LogP contribution in [0.3, 0.4) is 0 Å². The van der Waals surface area contributed by atoms with Gasteiger partial charge in [-0.25, -0.2) is 19.2 Å². The molecule has 1 saturated heterocycles. The number of urea groups is 1. The maximum atomic E-state index is 13.8. The number of Topliss-reactive ketones (excluding diaryl/α,β-unsaturated/α-hetero) is 1. The first-order chi connectivity index (χ1) is 26.1. The third kappa shape index (κ3) is 11.7. The molecule has 7 amide bonds. The molecule has 1 aliphatic heterocycles. The SMILES string of the molecule is C#C.COC(=O)NCCCCNC(=O)Nc1cccc2c(C(=O)C(=O)N3CCN(C(=O)c4ccccc4)CC3)cn(C(=O)NCCCCNC(=O)OC)c12. The molecule has 0 radical (unpaired) electrons. The molecule has 5 N–H and O–H groups in total. The minimum atomic E-state index is -0.838. The molecule has 0 spiro atoms. The second kappa shape index (κ2) is 21.7. The van der Waals surface area contributed by atoms with Gasteiger partial charge in [0.05, 0.1) is 31.0 Å². The lowest BCUT2D eigenvalue weighted by molar-refractivity contribution is -0.127. The van der Waals surface area contributed by atoms with Crippen molar-refractivity contribution in [2.75, 3.05) is 71.9 Å². The van der Waals surface area contributed by atoms with E-state index in [2.05, 4.69) is 48.9 Å². The molecule has 2 heterocycles. The average Bonchev–Trinajstić information content (AvgIpc) is 3.61. The van der Waals surface area contributed by atoms with Gasteiger partial charge in [0.25, 0.3) is 17.6 Å². The lowest BCUT2D eigenvalue weighted by atomic mass is 10.1. The summed E-state index contributed by atoms with van der Waals surface area (Å²) in [5.74, 6) is -1.77. The van der Waals surface area contributed by atoms with Gasteiger partial charge in [0.2, 0.25) is 0 Å². The van der Waals surface area contributed by atoms with Gasteiger partial charge in [0.1, 0.15) is 0 Å². The molecule has 54 heavy (non-hydrogen) atoms. The van der Waals surface area contributed by atoms with Crippen LogP contribution in [0.25, 0.3) is 10.9 Å². The molecule has 0 unspecified atom stereocenters. The third-order valence-electron chi connectivity index (χ3n) is 8.28. The van der Waals surface area contributed by atoms with E-state index in [0.717, 1.165) is 0 Å². The summed E-state index contributed by atoms with van der Waals surface area (Å²) in [5.41, 5.74) is 0.939. The Hall–Kier alpha value is -6.57. The number of hydrogen-bond acceptors (Lipinski definition) is 9. The predicted molar refractivity (Wildman–Crippen MR) is 200 cm³/mol. The number of piperazine rings is 1. The Kier molecular flexibility index (Phi) is 16.8. The van der Waals surface area contributed by atoms with Crippen molar-refractivity contribution >= 4 is 58.4 Å². The smallest absolute Gasteiger partial charge is 0.406 e. The molecule has 1 aromatic heterocycles. The fourth-order valence-corrected chi connectivity index (χ4v) is 5.53. The number of hydrogen-bond donors (Lipinski definition) is 5. The van der Waals surface area contributed by atoms with Crippen molar-refractivity contribution in [3.63, 3.8) is 0 Å². The number of aromatic nitrogens is 1. The molecule has 288 valence electrons. The highest BCUT2D eigenvalue weighted by Gasteiger charge is 2.31. The summed E-state index contributed by atoms with van der Waals surface area (Å²) in [5, 5.41) is 13.6. The molecule has 4 rings (SSSR count). The van der Waals surface area contributed by atoms with Crippen LogP contribution in [-0.4, -0.2) is 123 Å². The van der Waals surface area contributed by atoms with Crippen LogP contribution in [0.15, 0.2) is 54.7 Å². The van der Waals surface area contributed by atoms with E-state index in [1.165, 1.54) is 29.9 Å². The number of terminal acetylenes is 1. The van der Waals surface area contributed by atoms with Crippen LogP contribution in [0.1, 0.15) is 46.4 Å². The van der Waals surface area contributed by atoms with Crippen LogP contribution in [0, 0.1) is 12.8 Å². The topological polar surface area (TPSA) is 210 Å². The molecule has 0 atom stereocenters. The van der Waals surface area contributed by atoms with Crippen LogP contribution in [-0.2, 0) is 14.3 Å². The van der Waals surface area contributed by atoms with E-state index in [-0.39, 0.29) is 60.8 Å². The second-order valence-electron chi connectivity index (χ2n) is 11.8. The number of ether oxygens (including phenoxy) is 2. The highest BCUT2D eigenvalue weighted by Crippen LogP contribution is 2.29. The molecule has 17 nitrogen and oxygen atoms in total. The van der Waals surface area contributed by atoms with Gasteiger partial charge in [0, 0.05) is 69.5 Å². The van der Waals surface area contributed by atoms with Gasteiger partial charge < -0.3 is 45.9 Å². The van der Waals surface area contributed by atoms with Crippen LogP contribution < -0.4 is 26.6 Å². The predicted octanol–water partition coefficient (Wildman–Crippen LogP) is 3.01. The van der Waals surface area contributed by atoms with Crippen molar-refractivity contribution in [1.82, 2.24) is 35.6 Å². The fraction of sp³-hybridized carbons (Fsp3) is 0.378. The van der Waals surface area contributed by atoms with E-state index in [1.54, 1.807) is 47.4 Å². The van der Waals surface area contributed by atoms with Gasteiger partial charge in [-0.05, 0) is 43.9 Å².